The van der Waals surface area contributed by atoms with Crippen LogP contribution >= 0.6 is 7.82 Å². The Kier molecular flexibility index (Phi) is 48.7. The Hall–Kier alpha value is -3.86. The summed E-state index contributed by atoms with van der Waals surface area (Å²) >= 11 is 0. The molecule has 3 atom stereocenters. The van der Waals surface area contributed by atoms with Gasteiger partial charge in [0.15, 0.2) is 6.10 Å². The Morgan fingerprint density at radius 3 is 1.21 bits per heavy atom. The maximum atomic E-state index is 12.9. The number of allylic oxidation sites excluding steroid dienone is 18. The third kappa shape index (κ3) is 49.1. The van der Waals surface area contributed by atoms with Crippen molar-refractivity contribution in [2.24, 2.45) is 0 Å². The molecule has 70 heavy (non-hydrogen) atoms. The van der Waals surface area contributed by atoms with Gasteiger partial charge in [0.05, 0.1) is 19.8 Å². The van der Waals surface area contributed by atoms with Crippen LogP contribution in [0.3, 0.4) is 0 Å². The second kappa shape index (κ2) is 51.5. The monoisotopic (exact) mass is 999 g/mol. The zero-order valence-electron chi connectivity index (χ0n) is 43.7. The molecule has 0 heterocycles. The summed E-state index contributed by atoms with van der Waals surface area (Å²) in [6.07, 6.45) is 60.7. The average molecular weight is 999 g/mol. The first-order valence-electron chi connectivity index (χ1n) is 26.8. The maximum Gasteiger partial charge on any atom is 0.472 e. The van der Waals surface area contributed by atoms with Gasteiger partial charge in [-0.15, -0.1) is 0 Å². The number of carbonyl (C=O) groups excluding carboxylic acids is 3. The molecule has 0 spiro atoms. The summed E-state index contributed by atoms with van der Waals surface area (Å²) in [7, 11) is -4.77. The Labute approximate surface area is 425 Å². The minimum atomic E-state index is -4.77. The second-order valence-corrected chi connectivity index (χ2v) is 18.7. The van der Waals surface area contributed by atoms with Crippen molar-refractivity contribution in [2.75, 3.05) is 26.4 Å². The molecule has 11 nitrogen and oxygen atoms in total. The topological polar surface area (TPSA) is 155 Å². The summed E-state index contributed by atoms with van der Waals surface area (Å²) < 4.78 is 39.3. The summed E-state index contributed by atoms with van der Waals surface area (Å²) in [6.45, 7) is 4.25. The number of hydrogen-bond acceptors (Lipinski definition) is 10. The largest absolute Gasteiger partial charge is 0.472 e. The Morgan fingerprint density at radius 2 is 0.771 bits per heavy atom. The fraction of sp³-hybridized carbons (Fsp3) is 0.638. The summed E-state index contributed by atoms with van der Waals surface area (Å²) in [5, 5.41) is 9.78. The van der Waals surface area contributed by atoms with E-state index in [4.69, 9.17) is 23.3 Å². The highest BCUT2D eigenvalue weighted by Gasteiger charge is 2.28. The smallest absolute Gasteiger partial charge is 0.462 e. The van der Waals surface area contributed by atoms with Crippen molar-refractivity contribution < 1.29 is 52.2 Å². The van der Waals surface area contributed by atoms with E-state index >= 15 is 0 Å². The molecule has 0 aliphatic rings. The van der Waals surface area contributed by atoms with Crippen LogP contribution in [-0.4, -0.2) is 66.5 Å². The maximum absolute atomic E-state index is 12.9. The van der Waals surface area contributed by atoms with Gasteiger partial charge in [-0.25, -0.2) is 4.57 Å². The quantitative estimate of drug-likeness (QED) is 0.0197. The molecule has 0 aromatic heterocycles. The minimum Gasteiger partial charge on any atom is -0.462 e. The van der Waals surface area contributed by atoms with Crippen LogP contribution < -0.4 is 0 Å². The van der Waals surface area contributed by atoms with E-state index in [1.807, 2.05) is 12.2 Å². The number of carbonyl (C=O) groups is 3. The van der Waals surface area contributed by atoms with Crippen molar-refractivity contribution in [2.45, 2.75) is 213 Å². The molecular formula is C58H95O11P. The average Bonchev–Trinajstić information content (AvgIpc) is 3.35. The van der Waals surface area contributed by atoms with Gasteiger partial charge in [0.2, 0.25) is 0 Å². The van der Waals surface area contributed by atoms with E-state index in [0.29, 0.717) is 19.3 Å². The first kappa shape index (κ1) is 66.1. The molecule has 398 valence electrons. The van der Waals surface area contributed by atoms with Crippen molar-refractivity contribution in [3.63, 3.8) is 0 Å². The standard InChI is InChI=1S/C58H95O11P/c1-4-7-10-13-16-19-22-25-26-27-28-31-34-37-40-43-46-49-58(62)69-55(51-65-56(60)47-44-41-38-35-32-29-23-20-17-14-11-8-5-2)53-67-70(63,64)66-52-54(50-59)68-57(61)48-45-42-39-36-33-30-24-21-18-15-12-9-6-3/h7-8,10-11,16-17,19-21,24-26,28-29,31-32,38,41,54-55,59H,4-6,9,12-15,18,22-23,27,30,33-37,39-40,42-53H2,1-3H3,(H,63,64)/b10-7-,11-8-,19-16-,20-17-,24-21-,26-25-,31-28-,32-29-,41-38-. The molecule has 0 saturated heterocycles. The van der Waals surface area contributed by atoms with Crippen LogP contribution in [0.25, 0.3) is 0 Å². The van der Waals surface area contributed by atoms with Crippen molar-refractivity contribution in [3.8, 4) is 0 Å². The van der Waals surface area contributed by atoms with Gasteiger partial charge in [-0.3, -0.25) is 23.4 Å². The second-order valence-electron chi connectivity index (χ2n) is 17.3. The van der Waals surface area contributed by atoms with Gasteiger partial charge in [0.1, 0.15) is 12.7 Å². The lowest BCUT2D eigenvalue weighted by molar-refractivity contribution is -0.161. The molecule has 0 amide bonds. The molecule has 0 aromatic carbocycles. The lowest BCUT2D eigenvalue weighted by Crippen LogP contribution is -2.30. The Morgan fingerprint density at radius 1 is 0.414 bits per heavy atom. The first-order chi connectivity index (χ1) is 34.2. The molecule has 3 unspecified atom stereocenters. The normalized spacial score (nSPS) is 14.3. The molecule has 2 N–H and O–H groups in total. The van der Waals surface area contributed by atoms with E-state index in [1.54, 1.807) is 0 Å². The fourth-order valence-electron chi connectivity index (χ4n) is 6.65. The predicted molar refractivity (Wildman–Crippen MR) is 288 cm³/mol. The third-order valence-corrected chi connectivity index (χ3v) is 11.6. The van der Waals surface area contributed by atoms with E-state index in [0.717, 1.165) is 116 Å². The lowest BCUT2D eigenvalue weighted by atomic mass is 10.1. The summed E-state index contributed by atoms with van der Waals surface area (Å²) in [5.41, 5.74) is 0. The van der Waals surface area contributed by atoms with Gasteiger partial charge < -0.3 is 24.2 Å². The number of ether oxygens (including phenoxy) is 3. The van der Waals surface area contributed by atoms with Crippen LogP contribution in [0.4, 0.5) is 0 Å². The van der Waals surface area contributed by atoms with E-state index in [-0.39, 0.29) is 25.9 Å². The summed E-state index contributed by atoms with van der Waals surface area (Å²) in [4.78, 5) is 48.3. The van der Waals surface area contributed by atoms with Crippen LogP contribution in [0.1, 0.15) is 201 Å². The number of unbranched alkanes of at least 4 members (excludes halogenated alkanes) is 13. The molecule has 12 heteroatoms. The highest BCUT2D eigenvalue weighted by atomic mass is 31.2. The highest BCUT2D eigenvalue weighted by molar-refractivity contribution is 7.47. The zero-order chi connectivity index (χ0) is 51.3. The third-order valence-electron chi connectivity index (χ3n) is 10.7. The van der Waals surface area contributed by atoms with Crippen LogP contribution in [0, 0.1) is 0 Å². The number of rotatable bonds is 48. The van der Waals surface area contributed by atoms with Crippen molar-refractivity contribution in [1.82, 2.24) is 0 Å². The number of aliphatic hydroxyl groups excluding tert-OH is 1. The molecule has 0 radical (unpaired) electrons. The predicted octanol–water partition coefficient (Wildman–Crippen LogP) is 15.5. The van der Waals surface area contributed by atoms with E-state index in [1.165, 1.54) is 25.7 Å². The van der Waals surface area contributed by atoms with Gasteiger partial charge in [-0.2, -0.15) is 0 Å². The van der Waals surface area contributed by atoms with Crippen LogP contribution in [0.2, 0.25) is 0 Å². The van der Waals surface area contributed by atoms with Gasteiger partial charge in [0.25, 0.3) is 0 Å². The number of phosphoric acid groups is 1. The van der Waals surface area contributed by atoms with E-state index in [9.17, 15) is 28.9 Å². The fourth-order valence-corrected chi connectivity index (χ4v) is 7.43. The van der Waals surface area contributed by atoms with Crippen molar-refractivity contribution in [3.05, 3.63) is 109 Å². The molecule has 0 rings (SSSR count). The van der Waals surface area contributed by atoms with E-state index < -0.39 is 57.8 Å². The molecule has 0 aromatic rings. The van der Waals surface area contributed by atoms with Gasteiger partial charge in [-0.1, -0.05) is 182 Å². The van der Waals surface area contributed by atoms with Gasteiger partial charge >= 0.3 is 25.7 Å². The zero-order valence-corrected chi connectivity index (χ0v) is 44.6. The molecule has 0 saturated carbocycles. The number of aliphatic hydroxyl groups is 1. The van der Waals surface area contributed by atoms with Gasteiger partial charge in [0, 0.05) is 19.3 Å². The van der Waals surface area contributed by atoms with Crippen LogP contribution in [-0.2, 0) is 42.2 Å². The van der Waals surface area contributed by atoms with Crippen molar-refractivity contribution in [1.29, 1.82) is 0 Å². The molecule has 0 bridgehead atoms. The molecular weight excluding hydrogens is 904 g/mol. The highest BCUT2D eigenvalue weighted by Crippen LogP contribution is 2.43. The minimum absolute atomic E-state index is 0.0940. The lowest BCUT2D eigenvalue weighted by Gasteiger charge is -2.21. The molecule has 0 fully saturated rings. The summed E-state index contributed by atoms with van der Waals surface area (Å²) in [5.74, 6) is -1.61. The number of phosphoric ester groups is 1. The molecule has 0 aliphatic heterocycles. The van der Waals surface area contributed by atoms with Crippen LogP contribution in [0.5, 0.6) is 0 Å². The Balaban J connectivity index is 4.87. The molecule has 0 aliphatic carbocycles. The first-order valence-corrected chi connectivity index (χ1v) is 28.3. The number of esters is 3. The van der Waals surface area contributed by atoms with Gasteiger partial charge in [-0.05, 0) is 109 Å². The SMILES string of the molecule is CC/C=C\C/C=C\C/C=C\C/C=C\CCCCCCC(=O)OC(COC(=O)CC/C=C\C/C=C\C/C=C\C/C=C\CC)COP(=O)(O)OCC(CO)OC(=O)CCCCCCC/C=C\CCCCCC. The van der Waals surface area contributed by atoms with E-state index in [2.05, 4.69) is 118 Å². The van der Waals surface area contributed by atoms with Crippen LogP contribution in [0.15, 0.2) is 109 Å². The Bertz CT molecular complexity index is 1590. The number of hydrogen-bond donors (Lipinski definition) is 2. The summed E-state index contributed by atoms with van der Waals surface area (Å²) in [6, 6.07) is 0. The van der Waals surface area contributed by atoms with Crippen molar-refractivity contribution >= 4 is 25.7 Å².